The number of rotatable bonds is 5. The molecule has 0 unspecified atom stereocenters. The van der Waals surface area contributed by atoms with Crippen LogP contribution in [0, 0.1) is 13.8 Å². The van der Waals surface area contributed by atoms with Crippen molar-refractivity contribution in [2.24, 2.45) is 0 Å². The molecule has 0 spiro atoms. The van der Waals surface area contributed by atoms with Gasteiger partial charge in [0.2, 0.25) is 10.0 Å². The number of carboxylic acids is 1. The van der Waals surface area contributed by atoms with Gasteiger partial charge in [-0.25, -0.2) is 13.1 Å². The fourth-order valence-corrected chi connectivity index (χ4v) is 5.44. The second-order valence-corrected chi connectivity index (χ2v) is 8.20. The summed E-state index contributed by atoms with van der Waals surface area (Å²) in [7, 11) is -3.64. The van der Waals surface area contributed by atoms with E-state index >= 15 is 0 Å². The van der Waals surface area contributed by atoms with Crippen molar-refractivity contribution in [1.29, 1.82) is 0 Å². The molecule has 1 aromatic rings. The molecule has 0 atom stereocenters. The van der Waals surface area contributed by atoms with E-state index in [1.165, 1.54) is 11.3 Å². The highest BCUT2D eigenvalue weighted by Crippen LogP contribution is 2.37. The summed E-state index contributed by atoms with van der Waals surface area (Å²) in [5.74, 6) is -0.972. The van der Waals surface area contributed by atoms with Crippen LogP contribution in [-0.4, -0.2) is 25.0 Å². The van der Waals surface area contributed by atoms with E-state index in [1.54, 1.807) is 13.0 Å². The maximum atomic E-state index is 12.4. The normalized spacial score (nSPS) is 18.0. The second kappa shape index (κ2) is 4.88. The molecular weight excluding hydrogens is 286 g/mol. The molecule has 0 aliphatic heterocycles. The Morgan fingerprint density at radius 2 is 2.11 bits per heavy atom. The molecule has 19 heavy (non-hydrogen) atoms. The summed E-state index contributed by atoms with van der Waals surface area (Å²) >= 11 is 1.43. The average molecular weight is 303 g/mol. The summed E-state index contributed by atoms with van der Waals surface area (Å²) in [4.78, 5) is 12.8. The van der Waals surface area contributed by atoms with Crippen LogP contribution in [-0.2, 0) is 14.8 Å². The van der Waals surface area contributed by atoms with Crippen molar-refractivity contribution in [2.75, 3.05) is 0 Å². The Hall–Kier alpha value is -0.920. The number of thiophene rings is 1. The van der Waals surface area contributed by atoms with Gasteiger partial charge in [0, 0.05) is 15.3 Å². The largest absolute Gasteiger partial charge is 0.481 e. The Kier molecular flexibility index (Phi) is 3.72. The minimum atomic E-state index is -3.64. The minimum absolute atomic E-state index is 0.158. The zero-order valence-corrected chi connectivity index (χ0v) is 12.5. The van der Waals surface area contributed by atoms with Crippen molar-refractivity contribution in [3.05, 3.63) is 15.8 Å². The number of carboxylic acid groups (broad SMARTS) is 1. The lowest BCUT2D eigenvalue weighted by atomic mass is 9.75. The molecular formula is C12H17NO4S2. The number of carbonyl (C=O) groups is 1. The lowest BCUT2D eigenvalue weighted by molar-refractivity contribution is -0.139. The third-order valence-electron chi connectivity index (χ3n) is 3.44. The van der Waals surface area contributed by atoms with E-state index in [-0.39, 0.29) is 11.3 Å². The SMILES string of the molecule is Cc1cc(S(=O)(=O)NC2(CC(=O)O)CCC2)c(C)s1. The van der Waals surface area contributed by atoms with Gasteiger partial charge in [0.25, 0.3) is 0 Å². The first-order chi connectivity index (χ1) is 8.74. The number of sulfonamides is 1. The Bertz CT molecular complexity index is 599. The molecule has 2 rings (SSSR count). The molecule has 2 N–H and O–H groups in total. The Morgan fingerprint density at radius 1 is 1.47 bits per heavy atom. The molecule has 1 aliphatic carbocycles. The maximum Gasteiger partial charge on any atom is 0.305 e. The van der Waals surface area contributed by atoms with Crippen LogP contribution in [0.3, 0.4) is 0 Å². The van der Waals surface area contributed by atoms with Crippen LogP contribution in [0.1, 0.15) is 35.4 Å². The average Bonchev–Trinajstić information content (AvgIpc) is 2.54. The Morgan fingerprint density at radius 3 is 2.47 bits per heavy atom. The van der Waals surface area contributed by atoms with Crippen molar-refractivity contribution in [3.63, 3.8) is 0 Å². The van der Waals surface area contributed by atoms with E-state index in [0.717, 1.165) is 16.2 Å². The second-order valence-electron chi connectivity index (χ2n) is 5.09. The van der Waals surface area contributed by atoms with Crippen molar-refractivity contribution in [2.45, 2.75) is 50.0 Å². The first-order valence-electron chi connectivity index (χ1n) is 6.07. The van der Waals surface area contributed by atoms with Crippen LogP contribution in [0.2, 0.25) is 0 Å². The van der Waals surface area contributed by atoms with Gasteiger partial charge in [0.15, 0.2) is 0 Å². The van der Waals surface area contributed by atoms with Gasteiger partial charge in [-0.15, -0.1) is 11.3 Å². The molecule has 106 valence electrons. The molecule has 0 bridgehead atoms. The van der Waals surface area contributed by atoms with E-state index in [2.05, 4.69) is 4.72 Å². The van der Waals surface area contributed by atoms with E-state index in [1.807, 2.05) is 6.92 Å². The number of hydrogen-bond acceptors (Lipinski definition) is 4. The molecule has 1 fully saturated rings. The Balaban J connectivity index is 2.26. The fraction of sp³-hybridized carbons (Fsp3) is 0.583. The maximum absolute atomic E-state index is 12.4. The molecule has 0 saturated heterocycles. The summed E-state index contributed by atoms with van der Waals surface area (Å²) in [6.07, 6.45) is 1.87. The van der Waals surface area contributed by atoms with Gasteiger partial charge in [-0.2, -0.15) is 0 Å². The zero-order valence-electron chi connectivity index (χ0n) is 10.9. The van der Waals surface area contributed by atoms with Crippen LogP contribution in [0.5, 0.6) is 0 Å². The molecule has 7 heteroatoms. The van der Waals surface area contributed by atoms with Gasteiger partial charge in [0.05, 0.1) is 11.3 Å². The minimum Gasteiger partial charge on any atom is -0.481 e. The molecule has 1 aromatic heterocycles. The molecule has 0 amide bonds. The number of nitrogens with one attached hydrogen (secondary N) is 1. The van der Waals surface area contributed by atoms with E-state index in [9.17, 15) is 13.2 Å². The van der Waals surface area contributed by atoms with Gasteiger partial charge in [0.1, 0.15) is 0 Å². The standard InChI is InChI=1S/C12H17NO4S2/c1-8-6-10(9(2)18-8)19(16,17)13-12(4-3-5-12)7-11(14)15/h6,13H,3-5,7H2,1-2H3,(H,14,15). The zero-order chi connectivity index (χ0) is 14.3. The fourth-order valence-electron chi connectivity index (χ4n) is 2.42. The lowest BCUT2D eigenvalue weighted by Crippen LogP contribution is -2.54. The highest BCUT2D eigenvalue weighted by atomic mass is 32.2. The van der Waals surface area contributed by atoms with Crippen molar-refractivity contribution >= 4 is 27.3 Å². The molecule has 0 aromatic carbocycles. The first-order valence-corrected chi connectivity index (χ1v) is 8.37. The van der Waals surface area contributed by atoms with Crippen LogP contribution < -0.4 is 4.72 Å². The predicted molar refractivity (Wildman–Crippen MR) is 72.9 cm³/mol. The molecule has 1 aliphatic rings. The number of aliphatic carboxylic acids is 1. The summed E-state index contributed by atoms with van der Waals surface area (Å²) < 4.78 is 27.3. The first kappa shape index (κ1) is 14.5. The van der Waals surface area contributed by atoms with Gasteiger partial charge in [-0.1, -0.05) is 0 Å². The quantitative estimate of drug-likeness (QED) is 0.872. The third-order valence-corrected chi connectivity index (χ3v) is 6.24. The number of hydrogen-bond donors (Lipinski definition) is 2. The smallest absolute Gasteiger partial charge is 0.305 e. The molecule has 5 nitrogen and oxygen atoms in total. The van der Waals surface area contributed by atoms with Gasteiger partial charge >= 0.3 is 5.97 Å². The molecule has 0 radical (unpaired) electrons. The van der Waals surface area contributed by atoms with Crippen molar-refractivity contribution < 1.29 is 18.3 Å². The van der Waals surface area contributed by atoms with Crippen LogP contribution >= 0.6 is 11.3 Å². The van der Waals surface area contributed by atoms with Gasteiger partial charge < -0.3 is 5.11 Å². The van der Waals surface area contributed by atoms with Crippen LogP contribution in [0.25, 0.3) is 0 Å². The van der Waals surface area contributed by atoms with E-state index in [4.69, 9.17) is 5.11 Å². The Labute approximate surface area is 116 Å². The van der Waals surface area contributed by atoms with Gasteiger partial charge in [-0.05, 0) is 39.2 Å². The van der Waals surface area contributed by atoms with Crippen molar-refractivity contribution in [1.82, 2.24) is 4.72 Å². The van der Waals surface area contributed by atoms with E-state index in [0.29, 0.717) is 12.8 Å². The summed E-state index contributed by atoms with van der Waals surface area (Å²) in [6, 6.07) is 1.63. The topological polar surface area (TPSA) is 83.5 Å². The van der Waals surface area contributed by atoms with Crippen molar-refractivity contribution in [3.8, 4) is 0 Å². The molecule has 1 saturated carbocycles. The lowest BCUT2D eigenvalue weighted by Gasteiger charge is -2.40. The monoisotopic (exact) mass is 303 g/mol. The summed E-state index contributed by atoms with van der Waals surface area (Å²) in [6.45, 7) is 3.62. The van der Waals surface area contributed by atoms with Crippen LogP contribution in [0.4, 0.5) is 0 Å². The number of aryl methyl sites for hydroxylation is 2. The molecule has 1 heterocycles. The van der Waals surface area contributed by atoms with Gasteiger partial charge in [-0.3, -0.25) is 4.79 Å². The highest BCUT2D eigenvalue weighted by molar-refractivity contribution is 7.89. The summed E-state index contributed by atoms with van der Waals surface area (Å²) in [5, 5.41) is 8.91. The van der Waals surface area contributed by atoms with Crippen LogP contribution in [0.15, 0.2) is 11.0 Å². The third kappa shape index (κ3) is 2.98. The predicted octanol–water partition coefficient (Wildman–Crippen LogP) is 2.04. The summed E-state index contributed by atoms with van der Waals surface area (Å²) in [5.41, 5.74) is -0.799. The van der Waals surface area contributed by atoms with E-state index < -0.39 is 21.5 Å². The highest BCUT2D eigenvalue weighted by Gasteiger charge is 2.42.